The molecule has 1 N–H and O–H groups in total. The molecule has 2 unspecified atom stereocenters. The van der Waals surface area contributed by atoms with Gasteiger partial charge < -0.3 is 5.32 Å². The molecule has 1 aliphatic heterocycles. The monoisotopic (exact) mass is 166 g/mol. The average Bonchev–Trinajstić information content (AvgIpc) is 2.65. The lowest BCUT2D eigenvalue weighted by Gasteiger charge is -2.18. The van der Waals surface area contributed by atoms with Gasteiger partial charge in [-0.25, -0.2) is 0 Å². The SMILES string of the molecule is CC1CCCC1NC1=NCCC1. The predicted molar refractivity (Wildman–Crippen MR) is 51.5 cm³/mol. The molecule has 0 aromatic rings. The summed E-state index contributed by atoms with van der Waals surface area (Å²) in [6.07, 6.45) is 6.57. The number of nitrogens with one attached hydrogen (secondary N) is 1. The Balaban J connectivity index is 1.85. The van der Waals surface area contributed by atoms with Gasteiger partial charge in [0.2, 0.25) is 0 Å². The van der Waals surface area contributed by atoms with Crippen molar-refractivity contribution in [2.75, 3.05) is 6.54 Å². The van der Waals surface area contributed by atoms with Crippen molar-refractivity contribution in [2.24, 2.45) is 10.9 Å². The molecule has 68 valence electrons. The zero-order valence-corrected chi connectivity index (χ0v) is 7.84. The molecule has 0 saturated heterocycles. The Labute approximate surface area is 74.5 Å². The minimum Gasteiger partial charge on any atom is -0.371 e. The van der Waals surface area contributed by atoms with E-state index in [1.165, 1.54) is 37.9 Å². The Bertz CT molecular complexity index is 186. The standard InChI is InChI=1S/C10H18N2/c1-8-4-2-5-9(8)12-10-6-3-7-11-10/h8-9H,2-7H2,1H3,(H,11,12). The average molecular weight is 166 g/mol. The van der Waals surface area contributed by atoms with Crippen LogP contribution in [0, 0.1) is 5.92 Å². The van der Waals surface area contributed by atoms with Gasteiger partial charge in [-0.15, -0.1) is 0 Å². The fourth-order valence-electron chi connectivity index (χ4n) is 2.23. The molecule has 0 amide bonds. The maximum absolute atomic E-state index is 4.44. The lowest BCUT2D eigenvalue weighted by atomic mass is 10.1. The number of hydrogen-bond acceptors (Lipinski definition) is 2. The first-order chi connectivity index (χ1) is 5.86. The van der Waals surface area contributed by atoms with E-state index < -0.39 is 0 Å². The zero-order chi connectivity index (χ0) is 8.39. The summed E-state index contributed by atoms with van der Waals surface area (Å²) >= 11 is 0. The molecule has 2 nitrogen and oxygen atoms in total. The van der Waals surface area contributed by atoms with Crippen molar-refractivity contribution >= 4 is 5.84 Å². The molecule has 1 fully saturated rings. The van der Waals surface area contributed by atoms with Gasteiger partial charge in [0.1, 0.15) is 0 Å². The molecule has 0 aromatic heterocycles. The molecular weight excluding hydrogens is 148 g/mol. The third kappa shape index (κ3) is 1.62. The predicted octanol–water partition coefficient (Wildman–Crippen LogP) is 1.96. The number of hydrogen-bond donors (Lipinski definition) is 1. The van der Waals surface area contributed by atoms with Crippen LogP contribution in [0.4, 0.5) is 0 Å². The highest BCUT2D eigenvalue weighted by Crippen LogP contribution is 2.25. The van der Waals surface area contributed by atoms with Gasteiger partial charge in [-0.05, 0) is 25.2 Å². The number of rotatable bonds is 1. The Morgan fingerprint density at radius 1 is 1.33 bits per heavy atom. The zero-order valence-electron chi connectivity index (χ0n) is 7.84. The second-order valence-corrected chi connectivity index (χ2v) is 4.09. The van der Waals surface area contributed by atoms with Crippen LogP contribution in [0.2, 0.25) is 0 Å². The fourth-order valence-corrected chi connectivity index (χ4v) is 2.23. The highest BCUT2D eigenvalue weighted by atomic mass is 15.0. The van der Waals surface area contributed by atoms with E-state index in [-0.39, 0.29) is 0 Å². The number of amidine groups is 1. The van der Waals surface area contributed by atoms with Crippen LogP contribution in [0.5, 0.6) is 0 Å². The molecule has 0 bridgehead atoms. The molecule has 1 saturated carbocycles. The molecule has 2 heteroatoms. The topological polar surface area (TPSA) is 24.4 Å². The van der Waals surface area contributed by atoms with Crippen LogP contribution in [-0.2, 0) is 0 Å². The Morgan fingerprint density at radius 2 is 2.25 bits per heavy atom. The molecule has 2 aliphatic rings. The molecule has 2 atom stereocenters. The summed E-state index contributed by atoms with van der Waals surface area (Å²) in [5, 5.41) is 3.58. The maximum Gasteiger partial charge on any atom is 0.0965 e. The van der Waals surface area contributed by atoms with Gasteiger partial charge in [-0.2, -0.15) is 0 Å². The maximum atomic E-state index is 4.44. The molecular formula is C10H18N2. The first-order valence-corrected chi connectivity index (χ1v) is 5.16. The van der Waals surface area contributed by atoms with E-state index in [9.17, 15) is 0 Å². The first-order valence-electron chi connectivity index (χ1n) is 5.16. The summed E-state index contributed by atoms with van der Waals surface area (Å²) in [6, 6.07) is 0.724. The van der Waals surface area contributed by atoms with Crippen LogP contribution in [-0.4, -0.2) is 18.4 Å². The van der Waals surface area contributed by atoms with Gasteiger partial charge in [-0.3, -0.25) is 4.99 Å². The van der Waals surface area contributed by atoms with Crippen LogP contribution in [0.25, 0.3) is 0 Å². The smallest absolute Gasteiger partial charge is 0.0965 e. The van der Waals surface area contributed by atoms with Crippen molar-refractivity contribution in [1.82, 2.24) is 5.32 Å². The van der Waals surface area contributed by atoms with E-state index in [0.717, 1.165) is 18.5 Å². The van der Waals surface area contributed by atoms with Crippen molar-refractivity contribution < 1.29 is 0 Å². The molecule has 0 radical (unpaired) electrons. The van der Waals surface area contributed by atoms with E-state index in [4.69, 9.17) is 0 Å². The number of nitrogens with zero attached hydrogens (tertiary/aromatic N) is 1. The summed E-state index contributed by atoms with van der Waals surface area (Å²) in [5.74, 6) is 2.13. The Hall–Kier alpha value is -0.530. The van der Waals surface area contributed by atoms with Crippen molar-refractivity contribution in [1.29, 1.82) is 0 Å². The minimum atomic E-state index is 0.724. The normalized spacial score (nSPS) is 35.2. The molecule has 0 aromatic carbocycles. The quantitative estimate of drug-likeness (QED) is 0.632. The summed E-state index contributed by atoms with van der Waals surface area (Å²) in [6.45, 7) is 3.39. The third-order valence-corrected chi connectivity index (χ3v) is 3.09. The highest BCUT2D eigenvalue weighted by molar-refractivity contribution is 5.83. The molecule has 1 aliphatic carbocycles. The molecule has 12 heavy (non-hydrogen) atoms. The van der Waals surface area contributed by atoms with Gasteiger partial charge >= 0.3 is 0 Å². The lowest BCUT2D eigenvalue weighted by Crippen LogP contribution is -2.35. The third-order valence-electron chi connectivity index (χ3n) is 3.09. The van der Waals surface area contributed by atoms with Crippen molar-refractivity contribution in [3.05, 3.63) is 0 Å². The van der Waals surface area contributed by atoms with E-state index in [2.05, 4.69) is 17.2 Å². The van der Waals surface area contributed by atoms with Crippen LogP contribution < -0.4 is 5.32 Å². The summed E-state index contributed by atoms with van der Waals surface area (Å²) in [4.78, 5) is 4.44. The molecule has 1 heterocycles. The summed E-state index contributed by atoms with van der Waals surface area (Å²) < 4.78 is 0. The second kappa shape index (κ2) is 3.46. The van der Waals surface area contributed by atoms with Crippen LogP contribution in [0.3, 0.4) is 0 Å². The van der Waals surface area contributed by atoms with Crippen LogP contribution >= 0.6 is 0 Å². The Morgan fingerprint density at radius 3 is 2.83 bits per heavy atom. The first kappa shape index (κ1) is 8.09. The van der Waals surface area contributed by atoms with Gasteiger partial charge in [0.05, 0.1) is 5.84 Å². The van der Waals surface area contributed by atoms with Crippen molar-refractivity contribution in [3.63, 3.8) is 0 Å². The fraction of sp³-hybridized carbons (Fsp3) is 0.900. The van der Waals surface area contributed by atoms with E-state index in [0.29, 0.717) is 0 Å². The molecule has 2 rings (SSSR count). The van der Waals surface area contributed by atoms with E-state index >= 15 is 0 Å². The van der Waals surface area contributed by atoms with Crippen molar-refractivity contribution in [2.45, 2.75) is 45.1 Å². The van der Waals surface area contributed by atoms with Gasteiger partial charge in [-0.1, -0.05) is 13.3 Å². The minimum absolute atomic E-state index is 0.724. The molecule has 0 spiro atoms. The van der Waals surface area contributed by atoms with Crippen LogP contribution in [0.1, 0.15) is 39.0 Å². The van der Waals surface area contributed by atoms with Crippen LogP contribution in [0.15, 0.2) is 4.99 Å². The van der Waals surface area contributed by atoms with E-state index in [1.54, 1.807) is 0 Å². The van der Waals surface area contributed by atoms with Crippen molar-refractivity contribution in [3.8, 4) is 0 Å². The van der Waals surface area contributed by atoms with Gasteiger partial charge in [0.25, 0.3) is 0 Å². The Kier molecular flexibility index (Phi) is 2.33. The highest BCUT2D eigenvalue weighted by Gasteiger charge is 2.24. The summed E-state index contributed by atoms with van der Waals surface area (Å²) in [7, 11) is 0. The van der Waals surface area contributed by atoms with Gasteiger partial charge in [0, 0.05) is 19.0 Å². The second-order valence-electron chi connectivity index (χ2n) is 4.09. The summed E-state index contributed by atoms with van der Waals surface area (Å²) in [5.41, 5.74) is 0. The van der Waals surface area contributed by atoms with E-state index in [1.807, 2.05) is 0 Å². The van der Waals surface area contributed by atoms with Gasteiger partial charge in [0.15, 0.2) is 0 Å². The number of aliphatic imine (C=N–C) groups is 1. The largest absolute Gasteiger partial charge is 0.371 e. The lowest BCUT2D eigenvalue weighted by molar-refractivity contribution is 0.485.